The van der Waals surface area contributed by atoms with Crippen molar-refractivity contribution in [3.63, 3.8) is 0 Å². The standard InChI is InChI=1S/C14H19ClO2/c1-3-14(2)12(16)8-13(14)17-9-10-5-4-6-11(15)7-10/h4-7,12-13,16H,3,8-9H2,1-2H3. The maximum absolute atomic E-state index is 9.78. The van der Waals surface area contributed by atoms with Gasteiger partial charge in [0.25, 0.3) is 0 Å². The SMILES string of the molecule is CCC1(C)C(O)CC1OCc1cccc(Cl)c1. The van der Waals surface area contributed by atoms with Crippen LogP contribution in [0.15, 0.2) is 24.3 Å². The summed E-state index contributed by atoms with van der Waals surface area (Å²) >= 11 is 5.92. The van der Waals surface area contributed by atoms with E-state index in [1.165, 1.54) is 0 Å². The van der Waals surface area contributed by atoms with Gasteiger partial charge in [-0.1, -0.05) is 37.6 Å². The zero-order chi connectivity index (χ0) is 12.5. The Morgan fingerprint density at radius 2 is 2.29 bits per heavy atom. The molecule has 2 nitrogen and oxygen atoms in total. The van der Waals surface area contributed by atoms with Gasteiger partial charge in [-0.3, -0.25) is 0 Å². The molecule has 1 saturated carbocycles. The molecular weight excluding hydrogens is 236 g/mol. The van der Waals surface area contributed by atoms with E-state index in [2.05, 4.69) is 13.8 Å². The van der Waals surface area contributed by atoms with Gasteiger partial charge >= 0.3 is 0 Å². The molecule has 1 fully saturated rings. The molecule has 2 rings (SSSR count). The lowest BCUT2D eigenvalue weighted by atomic mass is 9.63. The fourth-order valence-corrected chi connectivity index (χ4v) is 2.55. The molecule has 3 heteroatoms. The predicted molar refractivity (Wildman–Crippen MR) is 69.1 cm³/mol. The second-order valence-electron chi connectivity index (χ2n) is 5.04. The van der Waals surface area contributed by atoms with E-state index >= 15 is 0 Å². The third-order valence-electron chi connectivity index (χ3n) is 4.04. The van der Waals surface area contributed by atoms with Crippen LogP contribution in [0, 0.1) is 5.41 Å². The van der Waals surface area contributed by atoms with E-state index in [-0.39, 0.29) is 17.6 Å². The fraction of sp³-hybridized carbons (Fsp3) is 0.571. The summed E-state index contributed by atoms with van der Waals surface area (Å²) in [5, 5.41) is 10.5. The molecule has 3 unspecified atom stereocenters. The smallest absolute Gasteiger partial charge is 0.0721 e. The Morgan fingerprint density at radius 1 is 1.53 bits per heavy atom. The van der Waals surface area contributed by atoms with Crippen molar-refractivity contribution in [2.24, 2.45) is 5.41 Å². The molecule has 1 aliphatic carbocycles. The lowest BCUT2D eigenvalue weighted by Gasteiger charge is -2.50. The molecule has 1 N–H and O–H groups in total. The molecule has 0 aliphatic heterocycles. The summed E-state index contributed by atoms with van der Waals surface area (Å²) in [5.74, 6) is 0. The lowest BCUT2D eigenvalue weighted by Crippen LogP contribution is -2.55. The number of aliphatic hydroxyl groups excluding tert-OH is 1. The number of aliphatic hydroxyl groups is 1. The van der Waals surface area contributed by atoms with Crippen LogP contribution in [0.2, 0.25) is 5.02 Å². The van der Waals surface area contributed by atoms with Crippen LogP contribution >= 0.6 is 11.6 Å². The summed E-state index contributed by atoms with van der Waals surface area (Å²) in [4.78, 5) is 0. The first-order valence-electron chi connectivity index (χ1n) is 6.10. The molecule has 0 amide bonds. The molecule has 0 heterocycles. The van der Waals surface area contributed by atoms with Crippen molar-refractivity contribution in [1.82, 2.24) is 0 Å². The predicted octanol–water partition coefficient (Wildman–Crippen LogP) is 3.41. The van der Waals surface area contributed by atoms with Gasteiger partial charge < -0.3 is 9.84 Å². The molecule has 0 bridgehead atoms. The Kier molecular flexibility index (Phi) is 3.76. The first-order valence-corrected chi connectivity index (χ1v) is 6.48. The highest BCUT2D eigenvalue weighted by Gasteiger charge is 2.50. The Hall–Kier alpha value is -0.570. The van der Waals surface area contributed by atoms with Crippen LogP contribution in [0.25, 0.3) is 0 Å². The normalized spacial score (nSPS) is 32.2. The van der Waals surface area contributed by atoms with Crippen molar-refractivity contribution in [2.75, 3.05) is 0 Å². The summed E-state index contributed by atoms with van der Waals surface area (Å²) < 4.78 is 5.88. The zero-order valence-electron chi connectivity index (χ0n) is 10.3. The van der Waals surface area contributed by atoms with E-state index in [1.807, 2.05) is 24.3 Å². The van der Waals surface area contributed by atoms with Crippen LogP contribution in [0.4, 0.5) is 0 Å². The molecule has 17 heavy (non-hydrogen) atoms. The van der Waals surface area contributed by atoms with E-state index in [9.17, 15) is 5.11 Å². The Balaban J connectivity index is 1.91. The number of hydrogen-bond donors (Lipinski definition) is 1. The van der Waals surface area contributed by atoms with E-state index in [4.69, 9.17) is 16.3 Å². The van der Waals surface area contributed by atoms with Crippen LogP contribution in [-0.2, 0) is 11.3 Å². The number of ether oxygens (including phenoxy) is 1. The van der Waals surface area contributed by atoms with Gasteiger partial charge in [0.2, 0.25) is 0 Å². The van der Waals surface area contributed by atoms with Crippen LogP contribution in [-0.4, -0.2) is 17.3 Å². The molecule has 0 spiro atoms. The summed E-state index contributed by atoms with van der Waals surface area (Å²) in [6.45, 7) is 4.75. The van der Waals surface area contributed by atoms with Crippen LogP contribution in [0.5, 0.6) is 0 Å². The molecule has 3 atom stereocenters. The van der Waals surface area contributed by atoms with Crippen molar-refractivity contribution < 1.29 is 9.84 Å². The number of halogens is 1. The summed E-state index contributed by atoms with van der Waals surface area (Å²) in [5.41, 5.74) is 0.996. The highest BCUT2D eigenvalue weighted by atomic mass is 35.5. The zero-order valence-corrected chi connectivity index (χ0v) is 11.1. The maximum atomic E-state index is 9.78. The quantitative estimate of drug-likeness (QED) is 0.892. The minimum atomic E-state index is -0.225. The number of hydrogen-bond acceptors (Lipinski definition) is 2. The molecule has 1 aromatic carbocycles. The van der Waals surface area contributed by atoms with Crippen LogP contribution < -0.4 is 0 Å². The fourth-order valence-electron chi connectivity index (χ4n) is 2.34. The van der Waals surface area contributed by atoms with Gasteiger partial charge in [0.05, 0.1) is 18.8 Å². The minimum Gasteiger partial charge on any atom is -0.392 e. The number of rotatable bonds is 4. The Labute approximate surface area is 108 Å². The van der Waals surface area contributed by atoms with Crippen molar-refractivity contribution in [1.29, 1.82) is 0 Å². The summed E-state index contributed by atoms with van der Waals surface area (Å²) in [6.07, 6.45) is 1.61. The van der Waals surface area contributed by atoms with E-state index in [0.29, 0.717) is 6.61 Å². The molecule has 1 aromatic rings. The average Bonchev–Trinajstić information content (AvgIpc) is 2.33. The first kappa shape index (κ1) is 12.9. The maximum Gasteiger partial charge on any atom is 0.0721 e. The lowest BCUT2D eigenvalue weighted by molar-refractivity contribution is -0.190. The van der Waals surface area contributed by atoms with E-state index in [1.54, 1.807) is 0 Å². The van der Waals surface area contributed by atoms with Crippen molar-refractivity contribution in [3.8, 4) is 0 Å². The van der Waals surface area contributed by atoms with Gasteiger partial charge in [0, 0.05) is 16.9 Å². The highest BCUT2D eigenvalue weighted by Crippen LogP contribution is 2.46. The second kappa shape index (κ2) is 4.97. The largest absolute Gasteiger partial charge is 0.392 e. The number of benzene rings is 1. The van der Waals surface area contributed by atoms with Gasteiger partial charge in [0.1, 0.15) is 0 Å². The molecule has 1 aliphatic rings. The third kappa shape index (κ3) is 2.49. The third-order valence-corrected chi connectivity index (χ3v) is 4.27. The summed E-state index contributed by atoms with van der Waals surface area (Å²) in [7, 11) is 0. The van der Waals surface area contributed by atoms with E-state index < -0.39 is 0 Å². The van der Waals surface area contributed by atoms with Gasteiger partial charge in [-0.05, 0) is 24.1 Å². The highest BCUT2D eigenvalue weighted by molar-refractivity contribution is 6.30. The van der Waals surface area contributed by atoms with Crippen molar-refractivity contribution >= 4 is 11.6 Å². The molecular formula is C14H19ClO2. The summed E-state index contributed by atoms with van der Waals surface area (Å²) in [6, 6.07) is 7.70. The van der Waals surface area contributed by atoms with Gasteiger partial charge in [-0.15, -0.1) is 0 Å². The molecule has 94 valence electrons. The minimum absolute atomic E-state index is 0.0847. The molecule has 0 aromatic heterocycles. The molecule has 0 saturated heterocycles. The Morgan fingerprint density at radius 3 is 2.88 bits per heavy atom. The topological polar surface area (TPSA) is 29.5 Å². The first-order chi connectivity index (χ1) is 8.06. The Bertz CT molecular complexity index is 394. The van der Waals surface area contributed by atoms with Crippen LogP contribution in [0.1, 0.15) is 32.3 Å². The molecule has 0 radical (unpaired) electrons. The van der Waals surface area contributed by atoms with Gasteiger partial charge in [-0.2, -0.15) is 0 Å². The van der Waals surface area contributed by atoms with Crippen molar-refractivity contribution in [2.45, 2.75) is 45.5 Å². The van der Waals surface area contributed by atoms with Gasteiger partial charge in [-0.25, -0.2) is 0 Å². The average molecular weight is 255 g/mol. The van der Waals surface area contributed by atoms with E-state index in [0.717, 1.165) is 23.4 Å². The van der Waals surface area contributed by atoms with Crippen LogP contribution in [0.3, 0.4) is 0 Å². The van der Waals surface area contributed by atoms with Gasteiger partial charge in [0.15, 0.2) is 0 Å². The second-order valence-corrected chi connectivity index (χ2v) is 5.48. The van der Waals surface area contributed by atoms with Crippen molar-refractivity contribution in [3.05, 3.63) is 34.9 Å². The monoisotopic (exact) mass is 254 g/mol.